The van der Waals surface area contributed by atoms with Gasteiger partial charge < -0.3 is 4.90 Å². The van der Waals surface area contributed by atoms with Crippen molar-refractivity contribution < 1.29 is 0 Å². The number of anilines is 1. The zero-order valence-corrected chi connectivity index (χ0v) is 10.7. The molecule has 1 heterocycles. The molecule has 0 saturated heterocycles. The fourth-order valence-corrected chi connectivity index (χ4v) is 1.87. The summed E-state index contributed by atoms with van der Waals surface area (Å²) in [5.74, 6) is 1.10. The number of hydrogen-bond donors (Lipinski definition) is 1. The van der Waals surface area contributed by atoms with E-state index >= 15 is 0 Å². The van der Waals surface area contributed by atoms with Gasteiger partial charge in [-0.1, -0.05) is 39.5 Å². The molecule has 0 aromatic carbocycles. The molecule has 1 aromatic rings. The lowest BCUT2D eigenvalue weighted by atomic mass is 10.2. The van der Waals surface area contributed by atoms with Crippen molar-refractivity contribution in [2.75, 3.05) is 18.0 Å². The molecule has 0 saturated carbocycles. The largest absolute Gasteiger partial charge is 0.355 e. The van der Waals surface area contributed by atoms with E-state index in [0.717, 1.165) is 18.9 Å². The maximum Gasteiger partial charge on any atom is 0.150 e. The molecule has 0 aliphatic rings. The molecule has 0 fully saturated rings. The Hall–Kier alpha value is -0.990. The lowest BCUT2D eigenvalue weighted by molar-refractivity contribution is 0.631. The van der Waals surface area contributed by atoms with Gasteiger partial charge in [-0.05, 0) is 12.8 Å². The highest BCUT2D eigenvalue weighted by Crippen LogP contribution is 2.12. The highest BCUT2D eigenvalue weighted by Gasteiger charge is 2.07. The molecule has 1 N–H and O–H groups in total. The van der Waals surface area contributed by atoms with Gasteiger partial charge in [0.1, 0.15) is 5.82 Å². The van der Waals surface area contributed by atoms with Gasteiger partial charge in [0.25, 0.3) is 0 Å². The van der Waals surface area contributed by atoms with E-state index in [1.54, 1.807) is 0 Å². The van der Waals surface area contributed by atoms with Gasteiger partial charge in [0, 0.05) is 25.4 Å². The van der Waals surface area contributed by atoms with Gasteiger partial charge in [-0.25, -0.2) is 0 Å². The lowest BCUT2D eigenvalue weighted by Gasteiger charge is -2.21. The first-order valence-corrected chi connectivity index (χ1v) is 6.63. The molecule has 0 amide bonds. The molecule has 92 valence electrons. The molecule has 0 unspecified atom stereocenters. The van der Waals surface area contributed by atoms with Gasteiger partial charge in [-0.2, -0.15) is 5.10 Å². The highest BCUT2D eigenvalue weighted by atomic mass is 15.3. The molecule has 0 spiro atoms. The average molecular weight is 223 g/mol. The van der Waals surface area contributed by atoms with Crippen molar-refractivity contribution in [2.24, 2.45) is 0 Å². The average Bonchev–Trinajstić information content (AvgIpc) is 2.81. The van der Waals surface area contributed by atoms with Gasteiger partial charge in [-0.15, -0.1) is 0 Å². The van der Waals surface area contributed by atoms with Crippen LogP contribution >= 0.6 is 0 Å². The topological polar surface area (TPSA) is 31.9 Å². The lowest BCUT2D eigenvalue weighted by Crippen LogP contribution is -2.26. The second-order valence-electron chi connectivity index (χ2n) is 4.33. The van der Waals surface area contributed by atoms with Crippen LogP contribution in [0.15, 0.2) is 12.3 Å². The third-order valence-electron chi connectivity index (χ3n) is 2.87. The summed E-state index contributed by atoms with van der Waals surface area (Å²) >= 11 is 0. The molecule has 0 aliphatic heterocycles. The molecule has 0 radical (unpaired) electrons. The summed E-state index contributed by atoms with van der Waals surface area (Å²) in [5.41, 5.74) is 0. The monoisotopic (exact) mass is 223 g/mol. The summed E-state index contributed by atoms with van der Waals surface area (Å²) in [6.45, 7) is 6.77. The molecule has 1 rings (SSSR count). The van der Waals surface area contributed by atoms with Crippen LogP contribution in [0.4, 0.5) is 5.82 Å². The maximum absolute atomic E-state index is 4.27. The SMILES string of the molecule is CCCCCN(CCCCC)c1cc[nH]n1. The van der Waals surface area contributed by atoms with E-state index in [9.17, 15) is 0 Å². The van der Waals surface area contributed by atoms with E-state index < -0.39 is 0 Å². The van der Waals surface area contributed by atoms with Crippen LogP contribution in [0.2, 0.25) is 0 Å². The molecule has 0 atom stereocenters. The van der Waals surface area contributed by atoms with Crippen LogP contribution in [0.3, 0.4) is 0 Å². The van der Waals surface area contributed by atoms with Crippen LogP contribution in [-0.2, 0) is 0 Å². The van der Waals surface area contributed by atoms with Crippen LogP contribution in [0.5, 0.6) is 0 Å². The number of hydrogen-bond acceptors (Lipinski definition) is 2. The first kappa shape index (κ1) is 13.1. The van der Waals surface area contributed by atoms with Gasteiger partial charge in [0.05, 0.1) is 0 Å². The van der Waals surface area contributed by atoms with Crippen molar-refractivity contribution in [3.63, 3.8) is 0 Å². The Morgan fingerprint density at radius 1 is 1.06 bits per heavy atom. The number of rotatable bonds is 9. The van der Waals surface area contributed by atoms with Crippen molar-refractivity contribution in [2.45, 2.75) is 52.4 Å². The summed E-state index contributed by atoms with van der Waals surface area (Å²) in [6, 6.07) is 2.07. The second kappa shape index (κ2) is 8.20. The standard InChI is InChI=1S/C13H25N3/c1-3-5-7-11-16(12-8-6-4-2)13-9-10-14-15-13/h9-10H,3-8,11-12H2,1-2H3,(H,14,15). The zero-order valence-electron chi connectivity index (χ0n) is 10.7. The van der Waals surface area contributed by atoms with Crippen molar-refractivity contribution in [1.29, 1.82) is 0 Å². The van der Waals surface area contributed by atoms with E-state index in [1.807, 2.05) is 6.20 Å². The number of nitrogens with zero attached hydrogens (tertiary/aromatic N) is 2. The van der Waals surface area contributed by atoms with Gasteiger partial charge >= 0.3 is 0 Å². The maximum atomic E-state index is 4.27. The normalized spacial score (nSPS) is 10.6. The molecule has 16 heavy (non-hydrogen) atoms. The summed E-state index contributed by atoms with van der Waals surface area (Å²) in [6.07, 6.45) is 9.64. The van der Waals surface area contributed by atoms with E-state index in [-0.39, 0.29) is 0 Å². The van der Waals surface area contributed by atoms with Crippen LogP contribution in [0, 0.1) is 0 Å². The zero-order chi connectivity index (χ0) is 11.6. The summed E-state index contributed by atoms with van der Waals surface area (Å²) < 4.78 is 0. The first-order valence-electron chi connectivity index (χ1n) is 6.63. The van der Waals surface area contributed by atoms with Crippen LogP contribution in [-0.4, -0.2) is 23.3 Å². The van der Waals surface area contributed by atoms with Crippen molar-refractivity contribution in [3.05, 3.63) is 12.3 Å². The van der Waals surface area contributed by atoms with Crippen LogP contribution in [0.1, 0.15) is 52.4 Å². The molecule has 3 heteroatoms. The molecule has 0 aliphatic carbocycles. The van der Waals surface area contributed by atoms with E-state index in [1.165, 1.54) is 38.5 Å². The minimum absolute atomic E-state index is 1.10. The molecular weight excluding hydrogens is 198 g/mol. The van der Waals surface area contributed by atoms with E-state index in [2.05, 4.69) is 35.0 Å². The van der Waals surface area contributed by atoms with Gasteiger partial charge in [0.15, 0.2) is 0 Å². The fraction of sp³-hybridized carbons (Fsp3) is 0.769. The Morgan fingerprint density at radius 3 is 2.12 bits per heavy atom. The van der Waals surface area contributed by atoms with Gasteiger partial charge in [-0.3, -0.25) is 5.10 Å². The van der Waals surface area contributed by atoms with Crippen LogP contribution < -0.4 is 4.90 Å². The predicted octanol–water partition coefficient (Wildman–Crippen LogP) is 3.60. The summed E-state index contributed by atoms with van der Waals surface area (Å²) in [5, 5.41) is 7.17. The number of nitrogens with one attached hydrogen (secondary N) is 1. The smallest absolute Gasteiger partial charge is 0.150 e. The summed E-state index contributed by atoms with van der Waals surface area (Å²) in [7, 11) is 0. The Bertz CT molecular complexity index is 234. The van der Waals surface area contributed by atoms with Crippen molar-refractivity contribution >= 4 is 5.82 Å². The number of H-pyrrole nitrogens is 1. The second-order valence-corrected chi connectivity index (χ2v) is 4.33. The van der Waals surface area contributed by atoms with Gasteiger partial charge in [0.2, 0.25) is 0 Å². The Morgan fingerprint density at radius 2 is 1.69 bits per heavy atom. The number of aromatic nitrogens is 2. The minimum Gasteiger partial charge on any atom is -0.355 e. The quantitative estimate of drug-likeness (QED) is 0.649. The Labute approximate surface area is 99.2 Å². The Kier molecular flexibility index (Phi) is 6.70. The summed E-state index contributed by atoms with van der Waals surface area (Å²) in [4.78, 5) is 2.40. The minimum atomic E-state index is 1.10. The third-order valence-corrected chi connectivity index (χ3v) is 2.87. The molecule has 3 nitrogen and oxygen atoms in total. The molecule has 1 aromatic heterocycles. The highest BCUT2D eigenvalue weighted by molar-refractivity contribution is 5.36. The number of aromatic amines is 1. The number of unbranched alkanes of at least 4 members (excludes halogenated alkanes) is 4. The van der Waals surface area contributed by atoms with E-state index in [0.29, 0.717) is 0 Å². The molecular formula is C13H25N3. The Balaban J connectivity index is 2.36. The van der Waals surface area contributed by atoms with E-state index in [4.69, 9.17) is 0 Å². The molecule has 0 bridgehead atoms. The van der Waals surface area contributed by atoms with Crippen molar-refractivity contribution in [1.82, 2.24) is 10.2 Å². The van der Waals surface area contributed by atoms with Crippen molar-refractivity contribution in [3.8, 4) is 0 Å². The third kappa shape index (κ3) is 4.69. The van der Waals surface area contributed by atoms with Crippen LogP contribution in [0.25, 0.3) is 0 Å². The predicted molar refractivity (Wildman–Crippen MR) is 69.9 cm³/mol. The fourth-order valence-electron chi connectivity index (χ4n) is 1.87. The first-order chi connectivity index (χ1) is 7.88.